The standard InChI is InChI=1S/C10H14N4O3/c1-6-4-9(12-5-8(6)14(16)17)13-7(2)10(15)11-3/h4-5,7H,1-3H3,(H,11,15)(H,12,13). The molecule has 17 heavy (non-hydrogen) atoms. The Labute approximate surface area is 98.4 Å². The number of rotatable bonds is 4. The van der Waals surface area contributed by atoms with Crippen molar-refractivity contribution in [1.29, 1.82) is 0 Å². The molecule has 0 aromatic carbocycles. The zero-order valence-electron chi connectivity index (χ0n) is 9.85. The molecule has 0 aliphatic rings. The maximum atomic E-state index is 11.3. The van der Waals surface area contributed by atoms with Gasteiger partial charge >= 0.3 is 0 Å². The van der Waals surface area contributed by atoms with E-state index in [1.54, 1.807) is 13.8 Å². The SMILES string of the molecule is CNC(=O)C(C)Nc1cc(C)c([N+](=O)[O-])cn1. The lowest BCUT2D eigenvalue weighted by Crippen LogP contribution is -2.35. The monoisotopic (exact) mass is 238 g/mol. The van der Waals surface area contributed by atoms with Gasteiger partial charge in [0.2, 0.25) is 5.91 Å². The third kappa shape index (κ3) is 3.13. The number of likely N-dealkylation sites (N-methyl/N-ethyl adjacent to an activating group) is 1. The zero-order valence-corrected chi connectivity index (χ0v) is 9.85. The minimum Gasteiger partial charge on any atom is -0.359 e. The Morgan fingerprint density at radius 1 is 1.59 bits per heavy atom. The van der Waals surface area contributed by atoms with Gasteiger partial charge in [0, 0.05) is 12.6 Å². The molecule has 1 atom stereocenters. The molecule has 7 nitrogen and oxygen atoms in total. The average molecular weight is 238 g/mol. The topological polar surface area (TPSA) is 97.2 Å². The Morgan fingerprint density at radius 2 is 2.24 bits per heavy atom. The molecule has 1 amide bonds. The highest BCUT2D eigenvalue weighted by Gasteiger charge is 2.14. The number of nitrogens with zero attached hydrogens (tertiary/aromatic N) is 2. The lowest BCUT2D eigenvalue weighted by molar-refractivity contribution is -0.385. The van der Waals surface area contributed by atoms with Crippen LogP contribution in [-0.2, 0) is 4.79 Å². The van der Waals surface area contributed by atoms with Gasteiger partial charge in [-0.2, -0.15) is 0 Å². The van der Waals surface area contributed by atoms with E-state index < -0.39 is 11.0 Å². The molecule has 0 aliphatic carbocycles. The smallest absolute Gasteiger partial charge is 0.290 e. The van der Waals surface area contributed by atoms with Gasteiger partial charge < -0.3 is 10.6 Å². The number of hydrogen-bond acceptors (Lipinski definition) is 5. The van der Waals surface area contributed by atoms with E-state index in [1.807, 2.05) is 0 Å². The summed E-state index contributed by atoms with van der Waals surface area (Å²) in [7, 11) is 1.54. The third-order valence-electron chi connectivity index (χ3n) is 2.28. The van der Waals surface area contributed by atoms with E-state index in [2.05, 4.69) is 15.6 Å². The van der Waals surface area contributed by atoms with Crippen molar-refractivity contribution >= 4 is 17.4 Å². The Bertz CT molecular complexity index is 447. The van der Waals surface area contributed by atoms with Gasteiger partial charge in [0.25, 0.3) is 5.69 Å². The molecule has 1 aromatic heterocycles. The molecule has 0 spiro atoms. The number of pyridine rings is 1. The van der Waals surface area contributed by atoms with E-state index in [0.29, 0.717) is 11.4 Å². The highest BCUT2D eigenvalue weighted by Crippen LogP contribution is 2.19. The first-order valence-corrected chi connectivity index (χ1v) is 5.05. The number of carbonyl (C=O) groups excluding carboxylic acids is 1. The van der Waals surface area contributed by atoms with Gasteiger partial charge in [0.15, 0.2) is 0 Å². The molecule has 0 aliphatic heterocycles. The Balaban J connectivity index is 2.84. The summed E-state index contributed by atoms with van der Waals surface area (Å²) in [5.74, 6) is 0.256. The van der Waals surface area contributed by atoms with Crippen molar-refractivity contribution in [2.75, 3.05) is 12.4 Å². The largest absolute Gasteiger partial charge is 0.359 e. The summed E-state index contributed by atoms with van der Waals surface area (Å²) >= 11 is 0. The second kappa shape index (κ2) is 5.24. The van der Waals surface area contributed by atoms with Crippen molar-refractivity contribution in [3.63, 3.8) is 0 Å². The third-order valence-corrected chi connectivity index (χ3v) is 2.28. The maximum absolute atomic E-state index is 11.3. The molecule has 1 heterocycles. The lowest BCUT2D eigenvalue weighted by atomic mass is 10.2. The van der Waals surface area contributed by atoms with Crippen LogP contribution in [0.2, 0.25) is 0 Å². The molecule has 7 heteroatoms. The minimum atomic E-state index is -0.492. The van der Waals surface area contributed by atoms with E-state index in [1.165, 1.54) is 19.3 Å². The van der Waals surface area contributed by atoms with Crippen LogP contribution in [0.1, 0.15) is 12.5 Å². The quantitative estimate of drug-likeness (QED) is 0.598. The van der Waals surface area contributed by atoms with Crippen LogP contribution >= 0.6 is 0 Å². The van der Waals surface area contributed by atoms with Crippen LogP contribution in [0.25, 0.3) is 0 Å². The number of nitro groups is 1. The van der Waals surface area contributed by atoms with Gasteiger partial charge in [0.1, 0.15) is 18.1 Å². The van der Waals surface area contributed by atoms with Crippen molar-refractivity contribution in [3.8, 4) is 0 Å². The molecule has 0 saturated carbocycles. The number of hydrogen-bond donors (Lipinski definition) is 2. The van der Waals surface area contributed by atoms with Gasteiger partial charge in [-0.3, -0.25) is 14.9 Å². The van der Waals surface area contributed by atoms with Crippen LogP contribution < -0.4 is 10.6 Å². The van der Waals surface area contributed by atoms with Crippen LogP contribution in [0.3, 0.4) is 0 Å². The number of carbonyl (C=O) groups is 1. The first-order valence-electron chi connectivity index (χ1n) is 5.05. The first-order chi connectivity index (χ1) is 7.95. The highest BCUT2D eigenvalue weighted by atomic mass is 16.6. The predicted molar refractivity (Wildman–Crippen MR) is 62.8 cm³/mol. The molecule has 0 radical (unpaired) electrons. The number of anilines is 1. The van der Waals surface area contributed by atoms with Crippen LogP contribution in [0.4, 0.5) is 11.5 Å². The average Bonchev–Trinajstić information content (AvgIpc) is 2.27. The summed E-state index contributed by atoms with van der Waals surface area (Å²) in [6.45, 7) is 3.30. The van der Waals surface area contributed by atoms with Gasteiger partial charge in [-0.25, -0.2) is 4.98 Å². The van der Waals surface area contributed by atoms with Crippen molar-refractivity contribution in [2.45, 2.75) is 19.9 Å². The molecular weight excluding hydrogens is 224 g/mol. The van der Waals surface area contributed by atoms with Gasteiger partial charge in [0.05, 0.1) is 4.92 Å². The van der Waals surface area contributed by atoms with Crippen molar-refractivity contribution in [2.24, 2.45) is 0 Å². The zero-order chi connectivity index (χ0) is 13.0. The van der Waals surface area contributed by atoms with Crippen molar-refractivity contribution < 1.29 is 9.72 Å². The molecule has 1 unspecified atom stereocenters. The van der Waals surface area contributed by atoms with Crippen LogP contribution in [0, 0.1) is 17.0 Å². The maximum Gasteiger partial charge on any atom is 0.290 e. The van der Waals surface area contributed by atoms with Gasteiger partial charge in [-0.15, -0.1) is 0 Å². The summed E-state index contributed by atoms with van der Waals surface area (Å²) in [6, 6.07) is 1.09. The number of aromatic nitrogens is 1. The molecule has 2 N–H and O–H groups in total. The highest BCUT2D eigenvalue weighted by molar-refractivity contribution is 5.83. The van der Waals surface area contributed by atoms with Crippen LogP contribution in [-0.4, -0.2) is 28.9 Å². The molecule has 0 saturated heterocycles. The second-order valence-corrected chi connectivity index (χ2v) is 3.59. The van der Waals surface area contributed by atoms with Crippen molar-refractivity contribution in [3.05, 3.63) is 27.9 Å². The van der Waals surface area contributed by atoms with Crippen molar-refractivity contribution in [1.82, 2.24) is 10.3 Å². The summed E-state index contributed by atoms with van der Waals surface area (Å²) in [6.07, 6.45) is 1.17. The van der Waals surface area contributed by atoms with E-state index in [4.69, 9.17) is 0 Å². The van der Waals surface area contributed by atoms with Gasteiger partial charge in [-0.05, 0) is 19.9 Å². The Hall–Kier alpha value is -2.18. The number of nitrogens with one attached hydrogen (secondary N) is 2. The van der Waals surface area contributed by atoms with Crippen LogP contribution in [0.15, 0.2) is 12.3 Å². The van der Waals surface area contributed by atoms with Crippen LogP contribution in [0.5, 0.6) is 0 Å². The fourth-order valence-corrected chi connectivity index (χ4v) is 1.32. The molecule has 1 aromatic rings. The second-order valence-electron chi connectivity index (χ2n) is 3.59. The summed E-state index contributed by atoms with van der Waals surface area (Å²) < 4.78 is 0. The Kier molecular flexibility index (Phi) is 3.97. The fourth-order valence-electron chi connectivity index (χ4n) is 1.32. The summed E-state index contributed by atoms with van der Waals surface area (Å²) in [4.78, 5) is 25.3. The van der Waals surface area contributed by atoms with E-state index in [-0.39, 0.29) is 11.6 Å². The molecule has 92 valence electrons. The number of amides is 1. The van der Waals surface area contributed by atoms with Gasteiger partial charge in [-0.1, -0.05) is 0 Å². The summed E-state index contributed by atoms with van der Waals surface area (Å²) in [5, 5.41) is 15.9. The molecule has 0 bridgehead atoms. The lowest BCUT2D eigenvalue weighted by Gasteiger charge is -2.12. The summed E-state index contributed by atoms with van der Waals surface area (Å²) in [5.41, 5.74) is 0.458. The predicted octanol–water partition coefficient (Wildman–Crippen LogP) is 0.845. The normalized spacial score (nSPS) is 11.7. The van der Waals surface area contributed by atoms with E-state index >= 15 is 0 Å². The number of aryl methyl sites for hydroxylation is 1. The fraction of sp³-hybridized carbons (Fsp3) is 0.400. The molecule has 0 fully saturated rings. The minimum absolute atomic E-state index is 0.0388. The molecule has 1 rings (SSSR count). The molecular formula is C10H14N4O3. The first kappa shape index (κ1) is 12.9. The van der Waals surface area contributed by atoms with E-state index in [0.717, 1.165) is 0 Å². The Morgan fingerprint density at radius 3 is 2.71 bits per heavy atom. The van der Waals surface area contributed by atoms with E-state index in [9.17, 15) is 14.9 Å².